The molecule has 1 heterocycles. The van der Waals surface area contributed by atoms with Gasteiger partial charge in [0.25, 0.3) is 0 Å². The molecule has 5 heteroatoms. The highest BCUT2D eigenvalue weighted by Gasteiger charge is 2.08. The number of hydrogen-bond donors (Lipinski definition) is 2. The molecule has 0 atom stereocenters. The molecule has 0 saturated heterocycles. The molecule has 96 valence electrons. The molecular formula is C13H17N3O2. The summed E-state index contributed by atoms with van der Waals surface area (Å²) in [6, 6.07) is 5.71. The Morgan fingerprint density at radius 1 is 1.28 bits per heavy atom. The van der Waals surface area contributed by atoms with Crippen molar-refractivity contribution in [2.24, 2.45) is 5.73 Å². The SMILES string of the molecule is COc1ccc(OC)c(Cc2ncc(CN)[nH]2)c1. The average Bonchev–Trinajstić information content (AvgIpc) is 2.86. The van der Waals surface area contributed by atoms with Crippen molar-refractivity contribution in [3.8, 4) is 11.5 Å². The van der Waals surface area contributed by atoms with Gasteiger partial charge in [0, 0.05) is 30.4 Å². The molecule has 0 fully saturated rings. The molecule has 18 heavy (non-hydrogen) atoms. The number of imidazole rings is 1. The van der Waals surface area contributed by atoms with Crippen LogP contribution in [0.4, 0.5) is 0 Å². The number of aromatic amines is 1. The third-order valence-electron chi connectivity index (χ3n) is 2.75. The minimum absolute atomic E-state index is 0.461. The monoisotopic (exact) mass is 247 g/mol. The van der Waals surface area contributed by atoms with Gasteiger partial charge < -0.3 is 20.2 Å². The van der Waals surface area contributed by atoms with Gasteiger partial charge in [-0.2, -0.15) is 0 Å². The van der Waals surface area contributed by atoms with Gasteiger partial charge in [0.05, 0.1) is 14.2 Å². The summed E-state index contributed by atoms with van der Waals surface area (Å²) >= 11 is 0. The average molecular weight is 247 g/mol. The Labute approximate surface area is 106 Å². The Morgan fingerprint density at radius 2 is 2.11 bits per heavy atom. The number of nitrogens with one attached hydrogen (secondary N) is 1. The van der Waals surface area contributed by atoms with Crippen molar-refractivity contribution in [3.63, 3.8) is 0 Å². The Balaban J connectivity index is 2.25. The molecule has 0 radical (unpaired) electrons. The summed E-state index contributed by atoms with van der Waals surface area (Å²) in [5.74, 6) is 2.49. The number of nitrogens with zero attached hydrogens (tertiary/aromatic N) is 1. The Morgan fingerprint density at radius 3 is 2.72 bits per heavy atom. The summed E-state index contributed by atoms with van der Waals surface area (Å²) in [5.41, 5.74) is 7.49. The molecule has 0 aliphatic carbocycles. The number of benzene rings is 1. The van der Waals surface area contributed by atoms with Gasteiger partial charge in [0.2, 0.25) is 0 Å². The summed E-state index contributed by atoms with van der Waals surface area (Å²) < 4.78 is 10.5. The highest BCUT2D eigenvalue weighted by Crippen LogP contribution is 2.25. The van der Waals surface area contributed by atoms with E-state index in [-0.39, 0.29) is 0 Å². The van der Waals surface area contributed by atoms with E-state index >= 15 is 0 Å². The third-order valence-corrected chi connectivity index (χ3v) is 2.75. The molecule has 0 amide bonds. The number of nitrogens with two attached hydrogens (primary N) is 1. The molecule has 0 aliphatic rings. The number of H-pyrrole nitrogens is 1. The summed E-state index contributed by atoms with van der Waals surface area (Å²) in [4.78, 5) is 7.45. The van der Waals surface area contributed by atoms with Crippen LogP contribution >= 0.6 is 0 Å². The summed E-state index contributed by atoms with van der Waals surface area (Å²) in [6.45, 7) is 0.461. The number of methoxy groups -OCH3 is 2. The van der Waals surface area contributed by atoms with E-state index in [1.807, 2.05) is 18.2 Å². The van der Waals surface area contributed by atoms with Gasteiger partial charge in [-0.15, -0.1) is 0 Å². The van der Waals surface area contributed by atoms with E-state index in [4.69, 9.17) is 15.2 Å². The quantitative estimate of drug-likeness (QED) is 0.839. The van der Waals surface area contributed by atoms with Crippen LogP contribution in [0.25, 0.3) is 0 Å². The second-order valence-electron chi connectivity index (χ2n) is 3.91. The van der Waals surface area contributed by atoms with Crippen LogP contribution in [0.1, 0.15) is 17.1 Å². The molecule has 0 spiro atoms. The van der Waals surface area contributed by atoms with Crippen molar-refractivity contribution in [1.82, 2.24) is 9.97 Å². The topological polar surface area (TPSA) is 73.2 Å². The molecule has 5 nitrogen and oxygen atoms in total. The van der Waals surface area contributed by atoms with Crippen LogP contribution in [-0.2, 0) is 13.0 Å². The van der Waals surface area contributed by atoms with Crippen molar-refractivity contribution in [2.45, 2.75) is 13.0 Å². The van der Waals surface area contributed by atoms with Crippen molar-refractivity contribution in [3.05, 3.63) is 41.5 Å². The number of rotatable bonds is 5. The molecule has 3 N–H and O–H groups in total. The molecule has 0 saturated carbocycles. The van der Waals surface area contributed by atoms with Crippen molar-refractivity contribution in [2.75, 3.05) is 14.2 Å². The fourth-order valence-corrected chi connectivity index (χ4v) is 1.80. The maximum Gasteiger partial charge on any atom is 0.122 e. The van der Waals surface area contributed by atoms with E-state index in [1.54, 1.807) is 20.4 Å². The fourth-order valence-electron chi connectivity index (χ4n) is 1.80. The van der Waals surface area contributed by atoms with E-state index in [1.165, 1.54) is 0 Å². The van der Waals surface area contributed by atoms with E-state index in [9.17, 15) is 0 Å². The molecule has 1 aromatic carbocycles. The zero-order valence-corrected chi connectivity index (χ0v) is 10.6. The Hall–Kier alpha value is -2.01. The molecule has 0 bridgehead atoms. The lowest BCUT2D eigenvalue weighted by Crippen LogP contribution is -1.98. The van der Waals surface area contributed by atoms with Crippen LogP contribution in [0.15, 0.2) is 24.4 Å². The van der Waals surface area contributed by atoms with Crippen LogP contribution in [-0.4, -0.2) is 24.2 Å². The van der Waals surface area contributed by atoms with Gasteiger partial charge in [-0.05, 0) is 18.2 Å². The van der Waals surface area contributed by atoms with E-state index < -0.39 is 0 Å². The van der Waals surface area contributed by atoms with Gasteiger partial charge in [0.15, 0.2) is 0 Å². The highest BCUT2D eigenvalue weighted by atomic mass is 16.5. The standard InChI is InChI=1S/C13H17N3O2/c1-17-11-3-4-12(18-2)9(5-11)6-13-15-8-10(7-14)16-13/h3-5,8H,6-7,14H2,1-2H3,(H,15,16). The molecule has 0 aliphatic heterocycles. The molecule has 1 aromatic heterocycles. The maximum absolute atomic E-state index is 5.54. The summed E-state index contributed by atoms with van der Waals surface area (Å²) in [7, 11) is 3.30. The van der Waals surface area contributed by atoms with Crippen LogP contribution in [0.2, 0.25) is 0 Å². The minimum Gasteiger partial charge on any atom is -0.497 e. The van der Waals surface area contributed by atoms with Crippen LogP contribution < -0.4 is 15.2 Å². The second-order valence-corrected chi connectivity index (χ2v) is 3.91. The van der Waals surface area contributed by atoms with Crippen molar-refractivity contribution < 1.29 is 9.47 Å². The van der Waals surface area contributed by atoms with E-state index in [0.717, 1.165) is 28.6 Å². The zero-order valence-electron chi connectivity index (χ0n) is 10.6. The van der Waals surface area contributed by atoms with E-state index in [2.05, 4.69) is 9.97 Å². The van der Waals surface area contributed by atoms with Gasteiger partial charge in [-0.25, -0.2) is 4.98 Å². The smallest absolute Gasteiger partial charge is 0.122 e. The van der Waals surface area contributed by atoms with Crippen LogP contribution in [0, 0.1) is 0 Å². The van der Waals surface area contributed by atoms with Gasteiger partial charge in [0.1, 0.15) is 17.3 Å². The lowest BCUT2D eigenvalue weighted by atomic mass is 10.1. The Kier molecular flexibility index (Phi) is 3.84. The number of aromatic nitrogens is 2. The first-order valence-electron chi connectivity index (χ1n) is 5.70. The molecular weight excluding hydrogens is 230 g/mol. The Bertz CT molecular complexity index is 523. The fraction of sp³-hybridized carbons (Fsp3) is 0.308. The normalized spacial score (nSPS) is 10.4. The summed E-state index contributed by atoms with van der Waals surface area (Å²) in [6.07, 6.45) is 2.41. The van der Waals surface area contributed by atoms with Gasteiger partial charge >= 0.3 is 0 Å². The van der Waals surface area contributed by atoms with Crippen LogP contribution in [0.3, 0.4) is 0 Å². The summed E-state index contributed by atoms with van der Waals surface area (Å²) in [5, 5.41) is 0. The first-order valence-corrected chi connectivity index (χ1v) is 5.70. The van der Waals surface area contributed by atoms with Crippen molar-refractivity contribution >= 4 is 0 Å². The number of ether oxygens (including phenoxy) is 2. The lowest BCUT2D eigenvalue weighted by molar-refractivity contribution is 0.399. The lowest BCUT2D eigenvalue weighted by Gasteiger charge is -2.09. The number of hydrogen-bond acceptors (Lipinski definition) is 4. The molecule has 2 aromatic rings. The van der Waals surface area contributed by atoms with Crippen molar-refractivity contribution in [1.29, 1.82) is 0 Å². The van der Waals surface area contributed by atoms with E-state index in [0.29, 0.717) is 13.0 Å². The largest absolute Gasteiger partial charge is 0.497 e. The third kappa shape index (κ3) is 2.62. The van der Waals surface area contributed by atoms with Crippen LogP contribution in [0.5, 0.6) is 11.5 Å². The molecule has 2 rings (SSSR count). The molecule has 0 unspecified atom stereocenters. The van der Waals surface area contributed by atoms with Gasteiger partial charge in [-0.1, -0.05) is 0 Å². The minimum atomic E-state index is 0.461. The predicted molar refractivity (Wildman–Crippen MR) is 68.8 cm³/mol. The highest BCUT2D eigenvalue weighted by molar-refractivity contribution is 5.41. The zero-order chi connectivity index (χ0) is 13.0. The first kappa shape index (κ1) is 12.4. The maximum atomic E-state index is 5.54. The second kappa shape index (κ2) is 5.55. The first-order chi connectivity index (χ1) is 8.76. The van der Waals surface area contributed by atoms with Gasteiger partial charge in [-0.3, -0.25) is 0 Å². The predicted octanol–water partition coefficient (Wildman–Crippen LogP) is 1.48.